The van der Waals surface area contributed by atoms with Gasteiger partial charge in [0, 0.05) is 12.1 Å². The van der Waals surface area contributed by atoms with Crippen molar-refractivity contribution in [3.8, 4) is 0 Å². The molecule has 0 aromatic carbocycles. The van der Waals surface area contributed by atoms with Gasteiger partial charge in [0.1, 0.15) is 0 Å². The fourth-order valence-corrected chi connectivity index (χ4v) is 1.04. The zero-order chi connectivity index (χ0) is 10.8. The van der Waals surface area contributed by atoms with Gasteiger partial charge in [0.2, 0.25) is 0 Å². The highest BCUT2D eigenvalue weighted by Crippen LogP contribution is 1.94. The van der Waals surface area contributed by atoms with E-state index in [1.54, 1.807) is 6.92 Å². The lowest BCUT2D eigenvalue weighted by molar-refractivity contribution is -0.138. The van der Waals surface area contributed by atoms with Crippen LogP contribution in [0.4, 0.5) is 0 Å². The van der Waals surface area contributed by atoms with E-state index in [0.29, 0.717) is 18.7 Å². The molecule has 0 aliphatic rings. The van der Waals surface area contributed by atoms with Gasteiger partial charge < -0.3 is 10.1 Å². The normalized spacial score (nSPS) is 9.86. The van der Waals surface area contributed by atoms with E-state index in [4.69, 9.17) is 4.74 Å². The topological polar surface area (TPSA) is 38.3 Å². The quantitative estimate of drug-likeness (QED) is 0.368. The molecule has 0 heterocycles. The van der Waals surface area contributed by atoms with Gasteiger partial charge in [-0.15, -0.1) is 0 Å². The number of carbonyl (C=O) groups excluding carboxylic acids is 1. The first-order valence-electron chi connectivity index (χ1n) is 5.28. The number of ether oxygens (including phenoxy) is 1. The van der Waals surface area contributed by atoms with E-state index in [1.807, 2.05) is 0 Å². The molecular formula is C11H21NO2. The Morgan fingerprint density at radius 2 is 2.07 bits per heavy atom. The second-order valence-corrected chi connectivity index (χ2v) is 3.21. The minimum Gasteiger partial charge on any atom is -0.463 e. The average molecular weight is 199 g/mol. The summed E-state index contributed by atoms with van der Waals surface area (Å²) >= 11 is 0. The summed E-state index contributed by atoms with van der Waals surface area (Å²) in [5, 5.41) is 3.16. The van der Waals surface area contributed by atoms with Crippen LogP contribution in [0.2, 0.25) is 0 Å². The molecule has 0 bridgehead atoms. The third-order valence-corrected chi connectivity index (χ3v) is 1.86. The maximum Gasteiger partial charge on any atom is 0.334 e. The van der Waals surface area contributed by atoms with E-state index in [1.165, 1.54) is 12.8 Å². The Labute approximate surface area is 86.5 Å². The number of rotatable bonds is 8. The largest absolute Gasteiger partial charge is 0.463 e. The van der Waals surface area contributed by atoms with Crippen LogP contribution in [0.5, 0.6) is 0 Å². The highest BCUT2D eigenvalue weighted by molar-refractivity contribution is 5.88. The van der Waals surface area contributed by atoms with Gasteiger partial charge in [0.25, 0.3) is 0 Å². The predicted octanol–water partition coefficient (Wildman–Crippen LogP) is 1.89. The molecule has 14 heavy (non-hydrogen) atoms. The van der Waals surface area contributed by atoms with Crippen LogP contribution in [-0.4, -0.2) is 25.7 Å². The molecule has 0 saturated heterocycles. The highest BCUT2D eigenvalue weighted by atomic mass is 16.5. The summed E-state index contributed by atoms with van der Waals surface area (Å²) in [5.74, 6) is -0.296. The van der Waals surface area contributed by atoms with E-state index in [9.17, 15) is 4.79 Å². The summed E-state index contributed by atoms with van der Waals surface area (Å²) in [5.41, 5.74) is 0.503. The standard InChI is InChI=1S/C11H21NO2/c1-4-6-7-8-12-9-10(3)11(13)14-5-2/h12H,3-9H2,1-2H3. The lowest BCUT2D eigenvalue weighted by Crippen LogP contribution is -2.22. The predicted molar refractivity (Wildman–Crippen MR) is 58.2 cm³/mol. The van der Waals surface area contributed by atoms with E-state index < -0.39 is 0 Å². The van der Waals surface area contributed by atoms with Gasteiger partial charge in [-0.2, -0.15) is 0 Å². The first-order chi connectivity index (χ1) is 6.72. The third-order valence-electron chi connectivity index (χ3n) is 1.86. The van der Waals surface area contributed by atoms with Crippen molar-refractivity contribution in [1.29, 1.82) is 0 Å². The van der Waals surface area contributed by atoms with Gasteiger partial charge in [-0.3, -0.25) is 0 Å². The molecule has 1 N–H and O–H groups in total. The molecular weight excluding hydrogens is 178 g/mol. The van der Waals surface area contributed by atoms with Crippen molar-refractivity contribution in [3.63, 3.8) is 0 Å². The van der Waals surface area contributed by atoms with E-state index in [2.05, 4.69) is 18.8 Å². The van der Waals surface area contributed by atoms with Gasteiger partial charge in [0.05, 0.1) is 6.61 Å². The maximum absolute atomic E-state index is 11.1. The minimum absolute atomic E-state index is 0.296. The van der Waals surface area contributed by atoms with Crippen LogP contribution < -0.4 is 5.32 Å². The number of nitrogens with one attached hydrogen (secondary N) is 1. The molecule has 0 saturated carbocycles. The van der Waals surface area contributed by atoms with E-state index in [0.717, 1.165) is 13.0 Å². The number of hydrogen-bond acceptors (Lipinski definition) is 3. The van der Waals surface area contributed by atoms with Crippen molar-refractivity contribution in [2.45, 2.75) is 33.1 Å². The van der Waals surface area contributed by atoms with Crippen LogP contribution in [0.3, 0.4) is 0 Å². The molecule has 0 aromatic rings. The van der Waals surface area contributed by atoms with Crippen LogP contribution in [0, 0.1) is 0 Å². The molecule has 0 unspecified atom stereocenters. The van der Waals surface area contributed by atoms with Crippen molar-refractivity contribution < 1.29 is 9.53 Å². The fraction of sp³-hybridized carbons (Fsp3) is 0.727. The molecule has 0 aromatic heterocycles. The Hall–Kier alpha value is -0.830. The van der Waals surface area contributed by atoms with Gasteiger partial charge >= 0.3 is 5.97 Å². The van der Waals surface area contributed by atoms with Crippen molar-refractivity contribution >= 4 is 5.97 Å². The lowest BCUT2D eigenvalue weighted by Gasteiger charge is -2.06. The number of unbranched alkanes of at least 4 members (excludes halogenated alkanes) is 2. The molecule has 0 fully saturated rings. The molecule has 3 nitrogen and oxygen atoms in total. The molecule has 0 rings (SSSR count). The van der Waals surface area contributed by atoms with Crippen LogP contribution in [-0.2, 0) is 9.53 Å². The summed E-state index contributed by atoms with van der Waals surface area (Å²) < 4.78 is 4.80. The van der Waals surface area contributed by atoms with Crippen LogP contribution in [0.15, 0.2) is 12.2 Å². The van der Waals surface area contributed by atoms with Crippen molar-refractivity contribution in [3.05, 3.63) is 12.2 Å². The SMILES string of the molecule is C=C(CNCCCCC)C(=O)OCC. The Bertz CT molecular complexity index is 178. The molecule has 0 aliphatic carbocycles. The van der Waals surface area contributed by atoms with Gasteiger partial charge in [0.15, 0.2) is 0 Å². The first-order valence-corrected chi connectivity index (χ1v) is 5.28. The van der Waals surface area contributed by atoms with Crippen molar-refractivity contribution in [2.75, 3.05) is 19.7 Å². The van der Waals surface area contributed by atoms with Gasteiger partial charge in [-0.1, -0.05) is 26.3 Å². The Kier molecular flexibility index (Phi) is 8.24. The van der Waals surface area contributed by atoms with Crippen LogP contribution >= 0.6 is 0 Å². The summed E-state index contributed by atoms with van der Waals surface area (Å²) in [6.07, 6.45) is 3.58. The van der Waals surface area contributed by atoms with E-state index >= 15 is 0 Å². The second-order valence-electron chi connectivity index (χ2n) is 3.21. The zero-order valence-corrected chi connectivity index (χ0v) is 9.27. The molecule has 0 atom stereocenters. The summed E-state index contributed by atoms with van der Waals surface area (Å²) in [6.45, 7) is 9.49. The zero-order valence-electron chi connectivity index (χ0n) is 9.27. The minimum atomic E-state index is -0.296. The molecule has 0 spiro atoms. The fourth-order valence-electron chi connectivity index (χ4n) is 1.04. The lowest BCUT2D eigenvalue weighted by atomic mass is 10.2. The van der Waals surface area contributed by atoms with Crippen LogP contribution in [0.1, 0.15) is 33.1 Å². The summed E-state index contributed by atoms with van der Waals surface area (Å²) in [7, 11) is 0. The van der Waals surface area contributed by atoms with Crippen molar-refractivity contribution in [1.82, 2.24) is 5.32 Å². The Morgan fingerprint density at radius 3 is 2.64 bits per heavy atom. The second kappa shape index (κ2) is 8.75. The number of carbonyl (C=O) groups is 1. The van der Waals surface area contributed by atoms with Gasteiger partial charge in [-0.25, -0.2) is 4.79 Å². The first kappa shape index (κ1) is 13.2. The molecule has 0 amide bonds. The van der Waals surface area contributed by atoms with Gasteiger partial charge in [-0.05, 0) is 19.9 Å². The third kappa shape index (κ3) is 6.66. The number of hydrogen-bond donors (Lipinski definition) is 1. The highest BCUT2D eigenvalue weighted by Gasteiger charge is 2.05. The number of esters is 1. The average Bonchev–Trinajstić information content (AvgIpc) is 2.17. The maximum atomic E-state index is 11.1. The molecule has 0 radical (unpaired) electrons. The Morgan fingerprint density at radius 1 is 1.36 bits per heavy atom. The molecule has 0 aliphatic heterocycles. The molecule has 82 valence electrons. The summed E-state index contributed by atoms with van der Waals surface area (Å²) in [4.78, 5) is 11.1. The van der Waals surface area contributed by atoms with Crippen LogP contribution in [0.25, 0.3) is 0 Å². The smallest absolute Gasteiger partial charge is 0.334 e. The summed E-state index contributed by atoms with van der Waals surface area (Å²) in [6, 6.07) is 0. The Balaban J connectivity index is 3.39. The molecule has 3 heteroatoms. The monoisotopic (exact) mass is 199 g/mol. The van der Waals surface area contributed by atoms with Crippen molar-refractivity contribution in [2.24, 2.45) is 0 Å². The van der Waals surface area contributed by atoms with E-state index in [-0.39, 0.29) is 5.97 Å².